The lowest BCUT2D eigenvalue weighted by Gasteiger charge is -2.27. The lowest BCUT2D eigenvalue weighted by atomic mass is 10.00. The van der Waals surface area contributed by atoms with Gasteiger partial charge in [-0.2, -0.15) is 0 Å². The van der Waals surface area contributed by atoms with Gasteiger partial charge in [-0.05, 0) is 54.7 Å². The summed E-state index contributed by atoms with van der Waals surface area (Å²) in [6, 6.07) is 22.7. The van der Waals surface area contributed by atoms with Crippen LogP contribution in [0.1, 0.15) is 29.2 Å². The van der Waals surface area contributed by atoms with Crippen molar-refractivity contribution in [1.29, 1.82) is 0 Å². The molecule has 5 rings (SSSR count). The van der Waals surface area contributed by atoms with Crippen LogP contribution >= 0.6 is 0 Å². The maximum atomic E-state index is 9.77. The van der Waals surface area contributed by atoms with Crippen LogP contribution in [-0.2, 0) is 6.42 Å². The molecular formula is C25H23N3O. The maximum absolute atomic E-state index is 9.77. The Morgan fingerprint density at radius 2 is 1.69 bits per heavy atom. The predicted octanol–water partition coefficient (Wildman–Crippen LogP) is 5.43. The second-order valence-corrected chi connectivity index (χ2v) is 7.78. The van der Waals surface area contributed by atoms with Gasteiger partial charge in [-0.1, -0.05) is 48.5 Å². The highest BCUT2D eigenvalue weighted by molar-refractivity contribution is 6.00. The van der Waals surface area contributed by atoms with Crippen LogP contribution in [0, 0.1) is 6.92 Å². The normalized spacial score (nSPS) is 15.4. The van der Waals surface area contributed by atoms with Crippen molar-refractivity contribution in [3.05, 3.63) is 83.4 Å². The first-order valence-electron chi connectivity index (χ1n) is 9.99. The van der Waals surface area contributed by atoms with Crippen LogP contribution in [0.15, 0.2) is 66.7 Å². The van der Waals surface area contributed by atoms with E-state index in [0.29, 0.717) is 6.04 Å². The number of anilines is 1. The van der Waals surface area contributed by atoms with Crippen molar-refractivity contribution < 1.29 is 5.11 Å². The molecule has 0 spiro atoms. The van der Waals surface area contributed by atoms with Gasteiger partial charge in [0.15, 0.2) is 5.82 Å². The Morgan fingerprint density at radius 1 is 0.931 bits per heavy atom. The molecule has 0 saturated heterocycles. The zero-order valence-corrected chi connectivity index (χ0v) is 16.6. The van der Waals surface area contributed by atoms with Crippen molar-refractivity contribution in [2.24, 2.45) is 0 Å². The van der Waals surface area contributed by atoms with Gasteiger partial charge in [0.05, 0.1) is 6.04 Å². The molecule has 1 atom stereocenters. The Hall–Kier alpha value is -3.40. The van der Waals surface area contributed by atoms with E-state index in [2.05, 4.69) is 64.6 Å². The second-order valence-electron chi connectivity index (χ2n) is 7.78. The van der Waals surface area contributed by atoms with Gasteiger partial charge in [-0.25, -0.2) is 0 Å². The number of rotatable bonds is 3. The zero-order chi connectivity index (χ0) is 20.0. The number of hydrogen-bond acceptors (Lipinski definition) is 4. The van der Waals surface area contributed by atoms with E-state index in [1.54, 1.807) is 12.1 Å². The fraction of sp³-hybridized carbons (Fsp3) is 0.200. The minimum Gasteiger partial charge on any atom is -0.508 e. The number of hydrogen-bond donors (Lipinski definition) is 1. The molecule has 0 saturated carbocycles. The first-order chi connectivity index (χ1) is 14.1. The summed E-state index contributed by atoms with van der Waals surface area (Å²) < 4.78 is 0. The Kier molecular flexibility index (Phi) is 4.20. The zero-order valence-electron chi connectivity index (χ0n) is 16.6. The smallest absolute Gasteiger partial charge is 0.159 e. The van der Waals surface area contributed by atoms with Gasteiger partial charge in [0.25, 0.3) is 0 Å². The van der Waals surface area contributed by atoms with Gasteiger partial charge >= 0.3 is 0 Å². The third kappa shape index (κ3) is 2.92. The molecule has 0 fully saturated rings. The van der Waals surface area contributed by atoms with Crippen molar-refractivity contribution in [1.82, 2.24) is 10.2 Å². The summed E-state index contributed by atoms with van der Waals surface area (Å²) in [4.78, 5) is 2.27. The van der Waals surface area contributed by atoms with E-state index in [1.165, 1.54) is 11.1 Å². The number of fused-ring (bicyclic) bond motifs is 2. The Morgan fingerprint density at radius 3 is 2.52 bits per heavy atom. The monoisotopic (exact) mass is 381 g/mol. The van der Waals surface area contributed by atoms with E-state index < -0.39 is 0 Å². The quantitative estimate of drug-likeness (QED) is 0.514. The minimum absolute atomic E-state index is 0.264. The van der Waals surface area contributed by atoms with Crippen LogP contribution in [0.3, 0.4) is 0 Å². The number of aryl methyl sites for hydroxylation is 2. The lowest BCUT2D eigenvalue weighted by Crippen LogP contribution is -2.24. The summed E-state index contributed by atoms with van der Waals surface area (Å²) >= 11 is 0. The molecular weight excluding hydrogens is 358 g/mol. The molecule has 1 aliphatic rings. The Bertz CT molecular complexity index is 1220. The summed E-state index contributed by atoms with van der Waals surface area (Å²) in [6.07, 6.45) is 2.19. The molecule has 29 heavy (non-hydrogen) atoms. The highest BCUT2D eigenvalue weighted by atomic mass is 16.3. The molecule has 0 bridgehead atoms. The summed E-state index contributed by atoms with van der Waals surface area (Å²) in [5, 5.41) is 21.3. The average molecular weight is 381 g/mol. The highest BCUT2D eigenvalue weighted by Gasteiger charge is 2.28. The summed E-state index contributed by atoms with van der Waals surface area (Å²) in [6.45, 7) is 1.99. The van der Waals surface area contributed by atoms with E-state index in [0.717, 1.165) is 46.3 Å². The topological polar surface area (TPSA) is 49.3 Å². The van der Waals surface area contributed by atoms with E-state index >= 15 is 0 Å². The van der Waals surface area contributed by atoms with Crippen LogP contribution in [0.2, 0.25) is 0 Å². The lowest BCUT2D eigenvalue weighted by molar-refractivity contribution is 0.475. The number of phenols is 1. The third-order valence-electron chi connectivity index (χ3n) is 6.04. The van der Waals surface area contributed by atoms with Gasteiger partial charge in [0, 0.05) is 23.4 Å². The summed E-state index contributed by atoms with van der Waals surface area (Å²) in [7, 11) is 2.12. The first kappa shape index (κ1) is 17.7. The maximum Gasteiger partial charge on any atom is 0.159 e. The molecule has 0 amide bonds. The van der Waals surface area contributed by atoms with Crippen molar-refractivity contribution in [2.75, 3.05) is 11.9 Å². The molecule has 1 N–H and O–H groups in total. The van der Waals surface area contributed by atoms with Gasteiger partial charge < -0.3 is 10.0 Å². The van der Waals surface area contributed by atoms with E-state index in [9.17, 15) is 5.11 Å². The van der Waals surface area contributed by atoms with Gasteiger partial charge in [-0.15, -0.1) is 10.2 Å². The largest absolute Gasteiger partial charge is 0.508 e. The molecule has 1 aromatic heterocycles. The van der Waals surface area contributed by atoms with Crippen LogP contribution in [0.4, 0.5) is 5.82 Å². The molecule has 1 unspecified atom stereocenters. The van der Waals surface area contributed by atoms with E-state index in [1.807, 2.05) is 19.1 Å². The van der Waals surface area contributed by atoms with Crippen molar-refractivity contribution in [3.8, 4) is 17.0 Å². The molecule has 0 aliphatic heterocycles. The number of nitrogens with zero attached hydrogens (tertiary/aromatic N) is 3. The van der Waals surface area contributed by atoms with Crippen molar-refractivity contribution >= 4 is 16.6 Å². The van der Waals surface area contributed by atoms with Gasteiger partial charge in [0.1, 0.15) is 11.4 Å². The molecule has 0 radical (unpaired) electrons. The average Bonchev–Trinajstić information content (AvgIpc) is 3.17. The number of aromatic nitrogens is 2. The Labute approximate surface area is 170 Å². The molecule has 1 heterocycles. The number of benzene rings is 3. The van der Waals surface area contributed by atoms with Gasteiger partial charge in [0.2, 0.25) is 0 Å². The SMILES string of the molecule is Cc1cc(O)ccc1-c1nnc(N(C)C2CCc3ccccc32)c2ccccc12. The second kappa shape index (κ2) is 6.89. The van der Waals surface area contributed by atoms with Crippen molar-refractivity contribution in [2.45, 2.75) is 25.8 Å². The molecule has 4 heteroatoms. The van der Waals surface area contributed by atoms with E-state index in [4.69, 9.17) is 0 Å². The fourth-order valence-electron chi connectivity index (χ4n) is 4.55. The number of aromatic hydroxyl groups is 1. The molecule has 144 valence electrons. The molecule has 4 nitrogen and oxygen atoms in total. The highest BCUT2D eigenvalue weighted by Crippen LogP contribution is 2.40. The van der Waals surface area contributed by atoms with Crippen LogP contribution in [0.25, 0.3) is 22.0 Å². The van der Waals surface area contributed by atoms with Gasteiger partial charge in [-0.3, -0.25) is 0 Å². The fourth-order valence-corrected chi connectivity index (χ4v) is 4.55. The minimum atomic E-state index is 0.264. The van der Waals surface area contributed by atoms with Crippen molar-refractivity contribution in [3.63, 3.8) is 0 Å². The standard InChI is InChI=1S/C25H23N3O/c1-16-15-18(29)12-13-19(16)24-21-9-5-6-10-22(21)25(27-26-24)28(2)23-14-11-17-7-3-4-8-20(17)23/h3-10,12-13,15,23,29H,11,14H2,1-2H3. The first-order valence-corrected chi connectivity index (χ1v) is 9.99. The van der Waals surface area contributed by atoms with Crippen LogP contribution in [0.5, 0.6) is 5.75 Å². The number of phenolic OH excluding ortho intramolecular Hbond substituents is 1. The Balaban J connectivity index is 1.64. The third-order valence-corrected chi connectivity index (χ3v) is 6.04. The van der Waals surface area contributed by atoms with Crippen LogP contribution in [-0.4, -0.2) is 22.4 Å². The molecule has 3 aromatic carbocycles. The molecule has 4 aromatic rings. The predicted molar refractivity (Wildman–Crippen MR) is 117 cm³/mol. The molecule has 1 aliphatic carbocycles. The van der Waals surface area contributed by atoms with E-state index in [-0.39, 0.29) is 5.75 Å². The summed E-state index contributed by atoms with van der Waals surface area (Å²) in [5.74, 6) is 1.17. The summed E-state index contributed by atoms with van der Waals surface area (Å²) in [5.41, 5.74) is 5.64. The van der Waals surface area contributed by atoms with Crippen LogP contribution < -0.4 is 4.90 Å².